The summed E-state index contributed by atoms with van der Waals surface area (Å²) in [5, 5.41) is 9.55. The molecule has 3 N–H and O–H groups in total. The first-order valence-electron chi connectivity index (χ1n) is 8.30. The van der Waals surface area contributed by atoms with Crippen molar-refractivity contribution in [2.45, 2.75) is 12.3 Å². The van der Waals surface area contributed by atoms with Crippen molar-refractivity contribution in [2.24, 2.45) is 5.73 Å². The molecule has 0 aliphatic carbocycles. The van der Waals surface area contributed by atoms with E-state index in [4.69, 9.17) is 14.9 Å². The van der Waals surface area contributed by atoms with Crippen LogP contribution in [0.1, 0.15) is 27.7 Å². The summed E-state index contributed by atoms with van der Waals surface area (Å²) in [5.41, 5.74) is 3.28. The molecule has 1 aromatic heterocycles. The molecule has 0 bridgehead atoms. The highest BCUT2D eigenvalue weighted by Gasteiger charge is 2.30. The Morgan fingerprint density at radius 1 is 1.17 bits per heavy atom. The molecule has 1 unspecified atom stereocenters. The molecule has 11 heteroatoms. The lowest BCUT2D eigenvalue weighted by atomic mass is 10.1. The Balaban J connectivity index is 1.85. The quantitative estimate of drug-likeness (QED) is 0.581. The lowest BCUT2D eigenvalue weighted by Crippen LogP contribution is -2.18. The third-order valence-electron chi connectivity index (χ3n) is 4.05. The summed E-state index contributed by atoms with van der Waals surface area (Å²) in [4.78, 5) is 15.2. The van der Waals surface area contributed by atoms with E-state index in [9.17, 15) is 31.9 Å². The summed E-state index contributed by atoms with van der Waals surface area (Å²) in [6.45, 7) is -0.707. The average molecular weight is 428 g/mol. The number of halogens is 5. The number of ether oxygens (including phenoxy) is 1. The molecule has 2 aromatic carbocycles. The maximum absolute atomic E-state index is 14.3. The smallest absolute Gasteiger partial charge is 0.416 e. The Labute approximate surface area is 165 Å². The zero-order chi connectivity index (χ0) is 22.1. The van der Waals surface area contributed by atoms with Crippen molar-refractivity contribution >= 4 is 5.91 Å². The second-order valence-corrected chi connectivity index (χ2v) is 6.04. The highest BCUT2D eigenvalue weighted by molar-refractivity contribution is 5.93. The van der Waals surface area contributed by atoms with Gasteiger partial charge in [0.05, 0.1) is 12.2 Å². The summed E-state index contributed by atoms with van der Waals surface area (Å²) in [5.74, 6) is -4.52. The molecule has 1 atom stereocenters. The van der Waals surface area contributed by atoms with Crippen molar-refractivity contribution in [3.05, 3.63) is 71.1 Å². The fraction of sp³-hybridized carbons (Fsp3) is 0.158. The number of hydrogen-bond donors (Lipinski definition) is 2. The number of aromatic nitrogens is 1. The summed E-state index contributed by atoms with van der Waals surface area (Å²) >= 11 is 0. The van der Waals surface area contributed by atoms with Gasteiger partial charge in [0.25, 0.3) is 5.91 Å². The van der Waals surface area contributed by atoms with Crippen molar-refractivity contribution in [1.82, 2.24) is 4.98 Å². The third-order valence-corrected chi connectivity index (χ3v) is 4.05. The van der Waals surface area contributed by atoms with E-state index in [1.54, 1.807) is 0 Å². The minimum Gasteiger partial charge on any atom is -0.478 e. The van der Waals surface area contributed by atoms with Gasteiger partial charge in [0.15, 0.2) is 17.7 Å². The zero-order valence-corrected chi connectivity index (χ0v) is 14.9. The number of aliphatic hydroxyl groups is 1. The Hall–Kier alpha value is -3.47. The predicted octanol–water partition coefficient (Wildman–Crippen LogP) is 3.85. The third kappa shape index (κ3) is 4.25. The number of hydrogen-bond acceptors (Lipinski definition) is 5. The molecule has 0 spiro atoms. The van der Waals surface area contributed by atoms with Gasteiger partial charge < -0.3 is 20.0 Å². The molecule has 0 saturated heterocycles. The molecule has 1 heterocycles. The topological polar surface area (TPSA) is 98.6 Å². The number of carbonyl (C=O) groups is 1. The van der Waals surface area contributed by atoms with E-state index in [0.717, 1.165) is 42.7 Å². The largest absolute Gasteiger partial charge is 0.478 e. The fourth-order valence-electron chi connectivity index (χ4n) is 2.56. The van der Waals surface area contributed by atoms with Crippen LogP contribution in [0.25, 0.3) is 11.5 Å². The number of nitrogens with two attached hydrogens (primary N) is 1. The van der Waals surface area contributed by atoms with Gasteiger partial charge in [-0.25, -0.2) is 13.8 Å². The summed E-state index contributed by atoms with van der Waals surface area (Å²) in [6, 6.07) is 5.65. The average Bonchev–Trinajstić information content (AvgIpc) is 3.17. The number of aliphatic hydroxyl groups excluding tert-OH is 1. The number of rotatable bonds is 6. The van der Waals surface area contributed by atoms with Crippen LogP contribution in [-0.2, 0) is 6.18 Å². The summed E-state index contributed by atoms with van der Waals surface area (Å²) < 4.78 is 76.3. The van der Waals surface area contributed by atoms with Gasteiger partial charge in [0, 0.05) is 5.56 Å². The van der Waals surface area contributed by atoms with Gasteiger partial charge in [-0.1, -0.05) is 0 Å². The zero-order valence-electron chi connectivity index (χ0n) is 14.9. The first kappa shape index (κ1) is 21.2. The molecule has 3 rings (SSSR count). The lowest BCUT2D eigenvalue weighted by Gasteiger charge is -2.16. The van der Waals surface area contributed by atoms with Gasteiger partial charge >= 0.3 is 6.18 Å². The van der Waals surface area contributed by atoms with Crippen LogP contribution in [0.15, 0.2) is 47.1 Å². The van der Waals surface area contributed by atoms with Gasteiger partial charge in [-0.2, -0.15) is 13.2 Å². The van der Waals surface area contributed by atoms with Crippen molar-refractivity contribution in [2.75, 3.05) is 6.61 Å². The van der Waals surface area contributed by atoms with Gasteiger partial charge in [0.2, 0.25) is 5.89 Å². The minimum absolute atomic E-state index is 0.0169. The number of amides is 1. The number of alkyl halides is 3. The molecule has 3 aromatic rings. The van der Waals surface area contributed by atoms with E-state index in [1.807, 2.05) is 0 Å². The van der Waals surface area contributed by atoms with Crippen molar-refractivity contribution in [1.29, 1.82) is 0 Å². The van der Waals surface area contributed by atoms with Gasteiger partial charge in [-0.15, -0.1) is 0 Å². The van der Waals surface area contributed by atoms with Crippen LogP contribution in [0.3, 0.4) is 0 Å². The van der Waals surface area contributed by atoms with E-state index in [1.165, 1.54) is 0 Å². The van der Waals surface area contributed by atoms with Crippen LogP contribution < -0.4 is 10.5 Å². The van der Waals surface area contributed by atoms with Crippen molar-refractivity contribution < 1.29 is 41.0 Å². The number of benzene rings is 2. The molecule has 0 radical (unpaired) electrons. The number of primary amides is 1. The Bertz CT molecular complexity index is 1060. The first-order valence-corrected chi connectivity index (χ1v) is 8.30. The molecular formula is C19H13F5N2O4. The molecule has 1 amide bonds. The molecule has 30 heavy (non-hydrogen) atoms. The van der Waals surface area contributed by atoms with E-state index in [-0.39, 0.29) is 17.1 Å². The number of nitrogens with zero attached hydrogens (tertiary/aromatic N) is 1. The standard InChI is InChI=1S/C19H13F5N2O4/c20-11-5-6-13(16(21)15(11)17(25)28)30-14(7-27)12-8-29-18(26-12)9-1-3-10(4-2-9)19(22,23)24/h1-6,8,14,27H,7H2,(H2,25,28). The number of carbonyl (C=O) groups excluding carboxylic acids is 1. The normalized spacial score (nSPS) is 12.6. The Kier molecular flexibility index (Phi) is 5.74. The minimum atomic E-state index is -4.50. The molecule has 158 valence electrons. The van der Waals surface area contributed by atoms with Crippen LogP contribution >= 0.6 is 0 Å². The van der Waals surface area contributed by atoms with Gasteiger partial charge in [-0.3, -0.25) is 4.79 Å². The van der Waals surface area contributed by atoms with Crippen LogP contribution in [0.5, 0.6) is 5.75 Å². The highest BCUT2D eigenvalue weighted by Crippen LogP contribution is 2.32. The summed E-state index contributed by atoms with van der Waals surface area (Å²) in [6.07, 6.45) is -4.72. The monoisotopic (exact) mass is 428 g/mol. The van der Waals surface area contributed by atoms with E-state index in [2.05, 4.69) is 4.98 Å². The molecular weight excluding hydrogens is 415 g/mol. The maximum atomic E-state index is 14.3. The maximum Gasteiger partial charge on any atom is 0.416 e. The molecule has 6 nitrogen and oxygen atoms in total. The van der Waals surface area contributed by atoms with Crippen LogP contribution in [0.2, 0.25) is 0 Å². The highest BCUT2D eigenvalue weighted by atomic mass is 19.4. The summed E-state index contributed by atoms with van der Waals surface area (Å²) in [7, 11) is 0. The lowest BCUT2D eigenvalue weighted by molar-refractivity contribution is -0.137. The van der Waals surface area contributed by atoms with E-state index in [0.29, 0.717) is 0 Å². The van der Waals surface area contributed by atoms with Gasteiger partial charge in [0.1, 0.15) is 23.3 Å². The number of oxazole rings is 1. The molecule has 0 fully saturated rings. The predicted molar refractivity (Wildman–Crippen MR) is 92.3 cm³/mol. The molecule has 0 aliphatic heterocycles. The molecule has 0 saturated carbocycles. The SMILES string of the molecule is NC(=O)c1c(F)ccc(OC(CO)c2coc(-c3ccc(C(F)(F)F)cc3)n2)c1F. The second kappa shape index (κ2) is 8.11. The Morgan fingerprint density at radius 2 is 1.83 bits per heavy atom. The van der Waals surface area contributed by atoms with Gasteiger partial charge in [-0.05, 0) is 36.4 Å². The van der Waals surface area contributed by atoms with E-state index >= 15 is 0 Å². The molecule has 0 aliphatic rings. The van der Waals surface area contributed by atoms with Crippen molar-refractivity contribution in [3.8, 4) is 17.2 Å². The van der Waals surface area contributed by atoms with Crippen LogP contribution in [0, 0.1) is 11.6 Å². The first-order chi connectivity index (χ1) is 14.1. The fourth-order valence-corrected chi connectivity index (χ4v) is 2.56. The van der Waals surface area contributed by atoms with Crippen LogP contribution in [0.4, 0.5) is 22.0 Å². The van der Waals surface area contributed by atoms with Crippen LogP contribution in [-0.4, -0.2) is 22.6 Å². The second-order valence-electron chi connectivity index (χ2n) is 6.04. The Morgan fingerprint density at radius 3 is 2.40 bits per heavy atom. The van der Waals surface area contributed by atoms with E-state index < -0.39 is 53.3 Å². The van der Waals surface area contributed by atoms with Crippen molar-refractivity contribution in [3.63, 3.8) is 0 Å².